The maximum atomic E-state index is 12.7. The first kappa shape index (κ1) is 18.8. The van der Waals surface area contributed by atoms with Crippen molar-refractivity contribution in [1.29, 1.82) is 0 Å². The molecule has 6 heteroatoms. The number of piperidine rings is 2. The Kier molecular flexibility index (Phi) is 5.69. The number of carbonyl (C=O) groups excluding carboxylic acids is 2. The number of nitrogens with one attached hydrogen (secondary N) is 1. The number of amides is 2. The van der Waals surface area contributed by atoms with Crippen molar-refractivity contribution in [2.24, 2.45) is 11.8 Å². The van der Waals surface area contributed by atoms with Crippen LogP contribution < -0.4 is 10.2 Å². The number of nitrogens with zero attached hydrogens (tertiary/aromatic N) is 2. The summed E-state index contributed by atoms with van der Waals surface area (Å²) >= 11 is 5.93. The molecule has 1 N–H and O–H groups in total. The van der Waals surface area contributed by atoms with Gasteiger partial charge in [-0.15, -0.1) is 0 Å². The van der Waals surface area contributed by atoms with Gasteiger partial charge in [-0.25, -0.2) is 0 Å². The largest absolute Gasteiger partial charge is 0.355 e. The minimum Gasteiger partial charge on any atom is -0.355 e. The Morgan fingerprint density at radius 2 is 1.89 bits per heavy atom. The van der Waals surface area contributed by atoms with Gasteiger partial charge >= 0.3 is 0 Å². The quantitative estimate of drug-likeness (QED) is 0.861. The van der Waals surface area contributed by atoms with Gasteiger partial charge in [0, 0.05) is 36.3 Å². The van der Waals surface area contributed by atoms with Crippen molar-refractivity contribution in [2.45, 2.75) is 44.6 Å². The van der Waals surface area contributed by atoms with Gasteiger partial charge in [-0.1, -0.05) is 18.0 Å². The molecule has 0 aliphatic carbocycles. The molecular formula is C21H28ClN3O2. The highest BCUT2D eigenvalue weighted by atomic mass is 35.5. The first-order valence-corrected chi connectivity index (χ1v) is 10.6. The van der Waals surface area contributed by atoms with Crippen LogP contribution in [0, 0.1) is 11.8 Å². The summed E-state index contributed by atoms with van der Waals surface area (Å²) in [4.78, 5) is 29.4. The molecule has 0 saturated carbocycles. The second-order valence-corrected chi connectivity index (χ2v) is 8.56. The third-order valence-corrected chi connectivity index (χ3v) is 6.65. The molecule has 0 bridgehead atoms. The number of fused-ring (bicyclic) bond motifs is 1. The van der Waals surface area contributed by atoms with Crippen molar-refractivity contribution < 1.29 is 9.59 Å². The second kappa shape index (κ2) is 8.19. The zero-order chi connectivity index (χ0) is 18.8. The molecule has 3 atom stereocenters. The van der Waals surface area contributed by atoms with E-state index in [0.717, 1.165) is 12.2 Å². The van der Waals surface area contributed by atoms with E-state index in [4.69, 9.17) is 11.6 Å². The summed E-state index contributed by atoms with van der Waals surface area (Å²) < 4.78 is 0. The Labute approximate surface area is 166 Å². The summed E-state index contributed by atoms with van der Waals surface area (Å²) in [5.74, 6) is 0.313. The van der Waals surface area contributed by atoms with E-state index in [-0.39, 0.29) is 24.2 Å². The Morgan fingerprint density at radius 3 is 2.70 bits per heavy atom. The predicted octanol–water partition coefficient (Wildman–Crippen LogP) is 3.07. The molecule has 27 heavy (non-hydrogen) atoms. The summed E-state index contributed by atoms with van der Waals surface area (Å²) in [6.07, 6.45) is 6.58. The van der Waals surface area contributed by atoms with Crippen molar-refractivity contribution in [3.63, 3.8) is 0 Å². The fourth-order valence-corrected chi connectivity index (χ4v) is 5.07. The number of anilines is 1. The molecule has 1 aromatic carbocycles. The maximum absolute atomic E-state index is 12.7. The van der Waals surface area contributed by atoms with Crippen molar-refractivity contribution >= 4 is 29.1 Å². The zero-order valence-electron chi connectivity index (χ0n) is 15.7. The lowest BCUT2D eigenvalue weighted by atomic mass is 9.83. The van der Waals surface area contributed by atoms with Gasteiger partial charge in [0.15, 0.2) is 0 Å². The van der Waals surface area contributed by atoms with Gasteiger partial charge in [-0.05, 0) is 69.0 Å². The topological polar surface area (TPSA) is 52.7 Å². The van der Waals surface area contributed by atoms with Crippen LogP contribution in [0.3, 0.4) is 0 Å². The number of carbonyl (C=O) groups is 2. The van der Waals surface area contributed by atoms with Gasteiger partial charge < -0.3 is 15.1 Å². The Balaban J connectivity index is 1.32. The lowest BCUT2D eigenvalue weighted by Gasteiger charge is -2.44. The maximum Gasteiger partial charge on any atom is 0.227 e. The van der Waals surface area contributed by atoms with Crippen LogP contribution in [0.2, 0.25) is 5.02 Å². The molecule has 3 fully saturated rings. The summed E-state index contributed by atoms with van der Waals surface area (Å²) in [6.45, 7) is 3.61. The molecular weight excluding hydrogens is 362 g/mol. The predicted molar refractivity (Wildman–Crippen MR) is 107 cm³/mol. The molecule has 4 rings (SSSR count). The van der Waals surface area contributed by atoms with Crippen molar-refractivity contribution in [1.82, 2.24) is 10.2 Å². The molecule has 0 spiro atoms. The fraction of sp³-hybridized carbons (Fsp3) is 0.619. The average Bonchev–Trinajstić information content (AvgIpc) is 3.08. The molecule has 3 saturated heterocycles. The van der Waals surface area contributed by atoms with Crippen molar-refractivity contribution in [2.75, 3.05) is 31.1 Å². The van der Waals surface area contributed by atoms with E-state index in [1.807, 2.05) is 12.1 Å². The van der Waals surface area contributed by atoms with Crippen LogP contribution in [0.25, 0.3) is 0 Å². The summed E-state index contributed by atoms with van der Waals surface area (Å²) in [6, 6.07) is 7.84. The lowest BCUT2D eigenvalue weighted by Crippen LogP contribution is -2.51. The van der Waals surface area contributed by atoms with Crippen LogP contribution in [0.15, 0.2) is 24.3 Å². The van der Waals surface area contributed by atoms with E-state index in [9.17, 15) is 9.59 Å². The molecule has 2 amide bonds. The standard InChI is InChI=1S/C21H28ClN3O2/c22-17-6-8-18(9-7-17)25-14-16(12-20(25)26)21(27)23-13-15-4-3-11-24-10-2-1-5-19(15)24/h6-9,15-16,19H,1-5,10-14H2,(H,23,27)/t15-,16+,19-/m1/s1. The number of hydrogen-bond acceptors (Lipinski definition) is 3. The molecule has 0 radical (unpaired) electrons. The van der Waals surface area contributed by atoms with E-state index < -0.39 is 0 Å². The molecule has 146 valence electrons. The lowest BCUT2D eigenvalue weighted by molar-refractivity contribution is -0.126. The molecule has 0 unspecified atom stereocenters. The summed E-state index contributed by atoms with van der Waals surface area (Å²) in [7, 11) is 0. The van der Waals surface area contributed by atoms with Crippen molar-refractivity contribution in [3.05, 3.63) is 29.3 Å². The van der Waals surface area contributed by atoms with Gasteiger partial charge in [0.05, 0.1) is 5.92 Å². The minimum atomic E-state index is -0.265. The Hall–Kier alpha value is -1.59. The molecule has 3 aliphatic rings. The Bertz CT molecular complexity index is 691. The Morgan fingerprint density at radius 1 is 1.11 bits per heavy atom. The van der Waals surface area contributed by atoms with E-state index in [1.165, 1.54) is 45.2 Å². The second-order valence-electron chi connectivity index (χ2n) is 8.13. The van der Waals surface area contributed by atoms with Gasteiger partial charge in [-0.2, -0.15) is 0 Å². The van der Waals surface area contributed by atoms with Gasteiger partial charge in [0.1, 0.15) is 0 Å². The van der Waals surface area contributed by atoms with Gasteiger partial charge in [0.2, 0.25) is 11.8 Å². The zero-order valence-corrected chi connectivity index (χ0v) is 16.5. The SMILES string of the molecule is O=C(NC[C@H]1CCCN2CCCC[C@H]12)[C@H]1CC(=O)N(c2ccc(Cl)cc2)C1. The average molecular weight is 390 g/mol. The van der Waals surface area contributed by atoms with Crippen LogP contribution >= 0.6 is 11.6 Å². The highest BCUT2D eigenvalue weighted by Gasteiger charge is 2.37. The van der Waals surface area contributed by atoms with Gasteiger partial charge in [0.25, 0.3) is 0 Å². The third-order valence-electron chi connectivity index (χ3n) is 6.40. The van der Waals surface area contributed by atoms with E-state index in [1.54, 1.807) is 17.0 Å². The number of rotatable bonds is 4. The van der Waals surface area contributed by atoms with Crippen LogP contribution in [0.5, 0.6) is 0 Å². The van der Waals surface area contributed by atoms with Crippen molar-refractivity contribution in [3.8, 4) is 0 Å². The molecule has 3 heterocycles. The smallest absolute Gasteiger partial charge is 0.227 e. The first-order valence-electron chi connectivity index (χ1n) is 10.2. The number of hydrogen-bond donors (Lipinski definition) is 1. The van der Waals surface area contributed by atoms with E-state index >= 15 is 0 Å². The van der Waals surface area contributed by atoms with E-state index in [0.29, 0.717) is 23.5 Å². The molecule has 5 nitrogen and oxygen atoms in total. The molecule has 1 aromatic rings. The number of benzene rings is 1. The monoisotopic (exact) mass is 389 g/mol. The van der Waals surface area contributed by atoms with Crippen LogP contribution in [0.4, 0.5) is 5.69 Å². The third kappa shape index (κ3) is 4.14. The molecule has 0 aromatic heterocycles. The molecule has 3 aliphatic heterocycles. The summed E-state index contributed by atoms with van der Waals surface area (Å²) in [5, 5.41) is 3.81. The van der Waals surface area contributed by atoms with Crippen LogP contribution in [-0.4, -0.2) is 48.9 Å². The minimum absolute atomic E-state index is 0.00796. The normalized spacial score (nSPS) is 28.9. The number of halogens is 1. The summed E-state index contributed by atoms with van der Waals surface area (Å²) in [5.41, 5.74) is 0.810. The van der Waals surface area contributed by atoms with Gasteiger partial charge in [-0.3, -0.25) is 9.59 Å². The highest BCUT2D eigenvalue weighted by molar-refractivity contribution is 6.30. The first-order chi connectivity index (χ1) is 13.1. The van der Waals surface area contributed by atoms with E-state index in [2.05, 4.69) is 10.2 Å². The highest BCUT2D eigenvalue weighted by Crippen LogP contribution is 2.31. The van der Waals surface area contributed by atoms with Crippen LogP contribution in [-0.2, 0) is 9.59 Å². The van der Waals surface area contributed by atoms with Crippen LogP contribution in [0.1, 0.15) is 38.5 Å². The fourth-order valence-electron chi connectivity index (χ4n) is 4.95.